The normalized spacial score (nSPS) is 25.6. The Kier molecular flexibility index (Phi) is 2.48. The van der Waals surface area contributed by atoms with Gasteiger partial charge in [0.1, 0.15) is 0 Å². The number of carbonyl (C=O) groups excluding carboxylic acids is 1. The number of nitrogens with zero attached hydrogens (tertiary/aromatic N) is 1. The van der Waals surface area contributed by atoms with Gasteiger partial charge < -0.3 is 5.32 Å². The second kappa shape index (κ2) is 3.51. The smallest absolute Gasteiger partial charge is 0.221 e. The molecule has 5 nitrogen and oxygen atoms in total. The van der Waals surface area contributed by atoms with E-state index >= 15 is 0 Å². The summed E-state index contributed by atoms with van der Waals surface area (Å²) in [6, 6.07) is 0. The van der Waals surface area contributed by atoms with Crippen LogP contribution in [0.2, 0.25) is 0 Å². The Balaban J connectivity index is 2.06. The monoisotopic (exact) mass is 218 g/mol. The van der Waals surface area contributed by atoms with Gasteiger partial charge in [-0.05, 0) is 12.8 Å². The number of sulfonamides is 1. The van der Waals surface area contributed by atoms with Gasteiger partial charge in [-0.2, -0.15) is 4.31 Å². The van der Waals surface area contributed by atoms with E-state index in [1.165, 1.54) is 4.31 Å². The third-order valence-electron chi connectivity index (χ3n) is 2.58. The molecule has 0 unspecified atom stereocenters. The predicted octanol–water partition coefficient (Wildman–Crippen LogP) is -0.699. The first-order valence-corrected chi connectivity index (χ1v) is 6.37. The quantitative estimate of drug-likeness (QED) is 0.666. The minimum atomic E-state index is -3.09. The molecule has 2 fully saturated rings. The van der Waals surface area contributed by atoms with Gasteiger partial charge in [0, 0.05) is 26.1 Å². The lowest BCUT2D eigenvalue weighted by atomic mass is 10.4. The minimum Gasteiger partial charge on any atom is -0.355 e. The van der Waals surface area contributed by atoms with E-state index in [0.29, 0.717) is 19.6 Å². The lowest BCUT2D eigenvalue weighted by Crippen LogP contribution is -2.36. The van der Waals surface area contributed by atoms with Crippen LogP contribution in [0.25, 0.3) is 0 Å². The fourth-order valence-electron chi connectivity index (χ4n) is 1.58. The van der Waals surface area contributed by atoms with Crippen LogP contribution in [0.3, 0.4) is 0 Å². The summed E-state index contributed by atoms with van der Waals surface area (Å²) >= 11 is 0. The molecule has 80 valence electrons. The Bertz CT molecular complexity index is 334. The maximum atomic E-state index is 11.8. The van der Waals surface area contributed by atoms with Crippen LogP contribution >= 0.6 is 0 Å². The summed E-state index contributed by atoms with van der Waals surface area (Å²) in [6.07, 6.45) is 1.84. The van der Waals surface area contributed by atoms with Gasteiger partial charge >= 0.3 is 0 Å². The van der Waals surface area contributed by atoms with Crippen LogP contribution in [-0.4, -0.2) is 43.5 Å². The highest BCUT2D eigenvalue weighted by Crippen LogP contribution is 2.31. The van der Waals surface area contributed by atoms with Crippen molar-refractivity contribution in [2.75, 3.05) is 19.6 Å². The van der Waals surface area contributed by atoms with E-state index in [2.05, 4.69) is 5.32 Å². The molecule has 0 aromatic rings. The number of nitrogens with one attached hydrogen (secondary N) is 1. The van der Waals surface area contributed by atoms with Crippen molar-refractivity contribution in [1.82, 2.24) is 9.62 Å². The van der Waals surface area contributed by atoms with Crippen LogP contribution < -0.4 is 5.32 Å². The largest absolute Gasteiger partial charge is 0.355 e. The number of hydrogen-bond acceptors (Lipinski definition) is 3. The number of hydrogen-bond donors (Lipinski definition) is 1. The Labute approximate surface area is 83.5 Å². The highest BCUT2D eigenvalue weighted by Gasteiger charge is 2.40. The maximum Gasteiger partial charge on any atom is 0.221 e. The summed E-state index contributed by atoms with van der Waals surface area (Å²) < 4.78 is 25.0. The summed E-state index contributed by atoms with van der Waals surface area (Å²) in [4.78, 5) is 11.0. The van der Waals surface area contributed by atoms with Gasteiger partial charge in [-0.1, -0.05) is 0 Å². The van der Waals surface area contributed by atoms with E-state index in [1.807, 2.05) is 0 Å². The molecule has 1 saturated carbocycles. The van der Waals surface area contributed by atoms with Crippen LogP contribution in [-0.2, 0) is 14.8 Å². The first-order valence-electron chi connectivity index (χ1n) is 4.86. The summed E-state index contributed by atoms with van der Waals surface area (Å²) in [5, 5.41) is 2.49. The van der Waals surface area contributed by atoms with E-state index in [0.717, 1.165) is 12.8 Å². The van der Waals surface area contributed by atoms with Crippen molar-refractivity contribution >= 4 is 15.9 Å². The Morgan fingerprint density at radius 2 is 2.00 bits per heavy atom. The summed E-state index contributed by atoms with van der Waals surface area (Å²) in [5.74, 6) is -0.0569. The Morgan fingerprint density at radius 1 is 1.29 bits per heavy atom. The highest BCUT2D eigenvalue weighted by atomic mass is 32.2. The maximum absolute atomic E-state index is 11.8. The number of carbonyl (C=O) groups is 1. The van der Waals surface area contributed by atoms with Gasteiger partial charge in [-0.3, -0.25) is 4.79 Å². The van der Waals surface area contributed by atoms with Crippen molar-refractivity contribution in [2.24, 2.45) is 0 Å². The second-order valence-corrected chi connectivity index (χ2v) is 5.96. The molecule has 1 aliphatic carbocycles. The molecule has 0 radical (unpaired) electrons. The van der Waals surface area contributed by atoms with Crippen LogP contribution in [0, 0.1) is 0 Å². The molecule has 1 aliphatic heterocycles. The van der Waals surface area contributed by atoms with Crippen LogP contribution in [0.5, 0.6) is 0 Å². The third-order valence-corrected chi connectivity index (χ3v) is 4.98. The summed E-state index contributed by atoms with van der Waals surface area (Å²) in [5.41, 5.74) is 0. The predicted molar refractivity (Wildman–Crippen MR) is 51.1 cm³/mol. The van der Waals surface area contributed by atoms with E-state index in [9.17, 15) is 13.2 Å². The molecule has 1 saturated heterocycles. The van der Waals surface area contributed by atoms with E-state index in [-0.39, 0.29) is 17.6 Å². The number of amides is 1. The number of rotatable bonds is 2. The van der Waals surface area contributed by atoms with Crippen LogP contribution in [0.1, 0.15) is 19.3 Å². The molecule has 6 heteroatoms. The molecule has 1 heterocycles. The van der Waals surface area contributed by atoms with Crippen molar-refractivity contribution in [3.63, 3.8) is 0 Å². The molecule has 0 aromatic heterocycles. The van der Waals surface area contributed by atoms with Crippen molar-refractivity contribution in [3.05, 3.63) is 0 Å². The van der Waals surface area contributed by atoms with E-state index < -0.39 is 10.0 Å². The lowest BCUT2D eigenvalue weighted by molar-refractivity contribution is -0.120. The van der Waals surface area contributed by atoms with Gasteiger partial charge in [0.15, 0.2) is 0 Å². The fourth-order valence-corrected chi connectivity index (χ4v) is 3.42. The minimum absolute atomic E-state index is 0.0569. The van der Waals surface area contributed by atoms with Gasteiger partial charge in [-0.15, -0.1) is 0 Å². The standard InChI is InChI=1S/C8H14N2O3S/c11-8-3-5-10(6-4-9-8)14(12,13)7-1-2-7/h7H,1-6H2,(H,9,11). The van der Waals surface area contributed by atoms with Gasteiger partial charge in [0.25, 0.3) is 0 Å². The molecule has 0 spiro atoms. The summed E-state index contributed by atoms with van der Waals surface area (Å²) in [7, 11) is -3.09. The van der Waals surface area contributed by atoms with Crippen LogP contribution in [0.4, 0.5) is 0 Å². The van der Waals surface area contributed by atoms with Gasteiger partial charge in [-0.25, -0.2) is 8.42 Å². The second-order valence-electron chi connectivity index (χ2n) is 3.74. The first-order chi connectivity index (χ1) is 6.60. The first kappa shape index (κ1) is 9.92. The van der Waals surface area contributed by atoms with Gasteiger partial charge in [0.2, 0.25) is 15.9 Å². The molecule has 2 rings (SSSR count). The molecular weight excluding hydrogens is 204 g/mol. The average Bonchev–Trinajstić information content (AvgIpc) is 2.89. The zero-order chi connectivity index (χ0) is 10.2. The van der Waals surface area contributed by atoms with Crippen molar-refractivity contribution < 1.29 is 13.2 Å². The topological polar surface area (TPSA) is 66.5 Å². The van der Waals surface area contributed by atoms with Crippen molar-refractivity contribution in [2.45, 2.75) is 24.5 Å². The Morgan fingerprint density at radius 3 is 2.64 bits per heavy atom. The molecule has 0 atom stereocenters. The SMILES string of the molecule is O=C1CCN(S(=O)(=O)C2CC2)CCN1. The van der Waals surface area contributed by atoms with E-state index in [1.54, 1.807) is 0 Å². The van der Waals surface area contributed by atoms with Gasteiger partial charge in [0.05, 0.1) is 5.25 Å². The molecule has 1 N–H and O–H groups in total. The third kappa shape index (κ3) is 1.90. The average molecular weight is 218 g/mol. The highest BCUT2D eigenvalue weighted by molar-refractivity contribution is 7.90. The van der Waals surface area contributed by atoms with Crippen molar-refractivity contribution in [3.8, 4) is 0 Å². The molecule has 2 aliphatic rings. The molecule has 1 amide bonds. The zero-order valence-electron chi connectivity index (χ0n) is 7.90. The zero-order valence-corrected chi connectivity index (χ0v) is 8.72. The molecule has 0 aromatic carbocycles. The fraction of sp³-hybridized carbons (Fsp3) is 0.875. The van der Waals surface area contributed by atoms with Crippen LogP contribution in [0.15, 0.2) is 0 Å². The lowest BCUT2D eigenvalue weighted by Gasteiger charge is -2.18. The van der Waals surface area contributed by atoms with E-state index in [4.69, 9.17) is 0 Å². The molecule has 0 bridgehead atoms. The Hall–Kier alpha value is -0.620. The molecule has 14 heavy (non-hydrogen) atoms. The summed E-state index contributed by atoms with van der Waals surface area (Å²) in [6.45, 7) is 1.19. The van der Waals surface area contributed by atoms with Crippen molar-refractivity contribution in [1.29, 1.82) is 0 Å². The molecular formula is C8H14N2O3S.